The Hall–Kier alpha value is -1.79. The number of aromatic nitrogens is 3. The predicted octanol–water partition coefficient (Wildman–Crippen LogP) is 3.68. The molecule has 2 heterocycles. The number of benzene rings is 1. The van der Waals surface area contributed by atoms with Crippen molar-refractivity contribution < 1.29 is 4.79 Å². The average molecular weight is 347 g/mol. The molecule has 7 heteroatoms. The summed E-state index contributed by atoms with van der Waals surface area (Å²) in [5.41, 5.74) is 2.72. The van der Waals surface area contributed by atoms with E-state index in [9.17, 15) is 4.79 Å². The van der Waals surface area contributed by atoms with Gasteiger partial charge in [0.25, 0.3) is 0 Å². The number of rotatable bonds is 2. The maximum atomic E-state index is 12.6. The number of fused-ring (bicyclic) bond motifs is 1. The fraction of sp³-hybridized carbons (Fsp3) is 0.312. The third-order valence-electron chi connectivity index (χ3n) is 4.20. The largest absolute Gasteiger partial charge is 0.328 e. The summed E-state index contributed by atoms with van der Waals surface area (Å²) in [7, 11) is 0. The third kappa shape index (κ3) is 2.46. The first-order valence-electron chi connectivity index (χ1n) is 7.46. The minimum absolute atomic E-state index is 0.176. The van der Waals surface area contributed by atoms with Gasteiger partial charge in [0.15, 0.2) is 5.78 Å². The van der Waals surface area contributed by atoms with E-state index >= 15 is 0 Å². The lowest BCUT2D eigenvalue weighted by Gasteiger charge is -2.32. The van der Waals surface area contributed by atoms with Crippen LogP contribution in [-0.2, 0) is 4.79 Å². The molecular weight excluding hydrogens is 332 g/mol. The first-order valence-corrected chi connectivity index (χ1v) is 9.07. The molecule has 2 aromatic rings. The van der Waals surface area contributed by atoms with Crippen molar-refractivity contribution in [2.45, 2.75) is 30.5 Å². The van der Waals surface area contributed by atoms with Crippen LogP contribution in [0, 0.1) is 0 Å². The van der Waals surface area contributed by atoms with Crippen molar-refractivity contribution in [1.82, 2.24) is 14.8 Å². The van der Waals surface area contributed by atoms with Crippen LogP contribution in [0.25, 0.3) is 0 Å². The number of hydrogen-bond acceptors (Lipinski definition) is 5. The summed E-state index contributed by atoms with van der Waals surface area (Å²) in [5, 5.41) is 9.20. The highest BCUT2D eigenvalue weighted by atomic mass is 35.5. The van der Waals surface area contributed by atoms with Gasteiger partial charge in [0.05, 0.1) is 0 Å². The smallest absolute Gasteiger partial charge is 0.227 e. The highest BCUT2D eigenvalue weighted by Gasteiger charge is 2.36. The van der Waals surface area contributed by atoms with Gasteiger partial charge < -0.3 is 5.32 Å². The highest BCUT2D eigenvalue weighted by molar-refractivity contribution is 7.98. The zero-order chi connectivity index (χ0) is 16.0. The molecule has 118 valence electrons. The van der Waals surface area contributed by atoms with Crippen LogP contribution in [0.1, 0.15) is 30.9 Å². The normalized spacial score (nSPS) is 20.1. The molecule has 1 N–H and O–H groups in total. The number of anilines is 1. The second-order valence-electron chi connectivity index (χ2n) is 5.62. The van der Waals surface area contributed by atoms with Crippen molar-refractivity contribution in [2.75, 3.05) is 11.6 Å². The van der Waals surface area contributed by atoms with Crippen molar-refractivity contribution in [3.8, 4) is 0 Å². The Morgan fingerprint density at radius 2 is 2.26 bits per heavy atom. The molecule has 1 aromatic heterocycles. The SMILES string of the molecule is CSc1nc2n(n1)[C@H](c1cccc(Cl)c1)C1=C(CCCC1=O)N2. The third-order valence-corrected chi connectivity index (χ3v) is 4.97. The first kappa shape index (κ1) is 14.8. The molecule has 4 rings (SSSR count). The Bertz CT molecular complexity index is 829. The molecule has 0 spiro atoms. The quantitative estimate of drug-likeness (QED) is 0.840. The number of hydrogen-bond donors (Lipinski definition) is 1. The summed E-state index contributed by atoms with van der Waals surface area (Å²) < 4.78 is 1.81. The Morgan fingerprint density at radius 1 is 1.39 bits per heavy atom. The molecule has 0 bridgehead atoms. The molecule has 1 aliphatic heterocycles. The number of carbonyl (C=O) groups excluding carboxylic acids is 1. The molecule has 0 radical (unpaired) electrons. The molecular formula is C16H15ClN4OS. The number of allylic oxidation sites excluding steroid dienone is 2. The van der Waals surface area contributed by atoms with Crippen LogP contribution < -0.4 is 5.32 Å². The second kappa shape index (κ2) is 5.69. The van der Waals surface area contributed by atoms with E-state index in [1.807, 2.05) is 30.5 Å². The maximum Gasteiger partial charge on any atom is 0.227 e. The zero-order valence-corrected chi connectivity index (χ0v) is 14.1. The van der Waals surface area contributed by atoms with Crippen LogP contribution in [-0.4, -0.2) is 26.8 Å². The Kier molecular flexibility index (Phi) is 3.66. The van der Waals surface area contributed by atoms with Gasteiger partial charge in [-0.15, -0.1) is 5.10 Å². The number of halogens is 1. The van der Waals surface area contributed by atoms with Gasteiger partial charge in [0.1, 0.15) is 6.04 Å². The van der Waals surface area contributed by atoms with Crippen molar-refractivity contribution in [2.24, 2.45) is 0 Å². The minimum atomic E-state index is -0.263. The Labute approximate surface area is 143 Å². The molecule has 2 aliphatic rings. The van der Waals surface area contributed by atoms with E-state index in [4.69, 9.17) is 11.6 Å². The number of thioether (sulfide) groups is 1. The molecule has 1 atom stereocenters. The second-order valence-corrected chi connectivity index (χ2v) is 6.83. The fourth-order valence-corrected chi connectivity index (χ4v) is 3.75. The van der Waals surface area contributed by atoms with Gasteiger partial charge in [-0.3, -0.25) is 4.79 Å². The van der Waals surface area contributed by atoms with Crippen LogP contribution in [0.4, 0.5) is 5.95 Å². The molecule has 0 amide bonds. The van der Waals surface area contributed by atoms with Crippen LogP contribution in [0.2, 0.25) is 5.02 Å². The fourth-order valence-electron chi connectivity index (χ4n) is 3.21. The van der Waals surface area contributed by atoms with Gasteiger partial charge in [-0.05, 0) is 36.8 Å². The summed E-state index contributed by atoms with van der Waals surface area (Å²) in [6.45, 7) is 0. The van der Waals surface area contributed by atoms with E-state index in [0.717, 1.165) is 29.7 Å². The summed E-state index contributed by atoms with van der Waals surface area (Å²) in [6.07, 6.45) is 4.25. The summed E-state index contributed by atoms with van der Waals surface area (Å²) >= 11 is 7.65. The van der Waals surface area contributed by atoms with Gasteiger partial charge in [-0.25, -0.2) is 4.68 Å². The number of ketones is 1. The van der Waals surface area contributed by atoms with E-state index in [0.29, 0.717) is 22.5 Å². The molecule has 5 nitrogen and oxygen atoms in total. The van der Waals surface area contributed by atoms with Gasteiger partial charge in [-0.1, -0.05) is 35.5 Å². The van der Waals surface area contributed by atoms with Gasteiger partial charge in [0, 0.05) is 22.7 Å². The number of nitrogens with one attached hydrogen (secondary N) is 1. The van der Waals surface area contributed by atoms with E-state index < -0.39 is 0 Å². The van der Waals surface area contributed by atoms with Gasteiger partial charge >= 0.3 is 0 Å². The summed E-state index contributed by atoms with van der Waals surface area (Å²) in [4.78, 5) is 17.1. The highest BCUT2D eigenvalue weighted by Crippen LogP contribution is 2.40. The topological polar surface area (TPSA) is 59.8 Å². The lowest BCUT2D eigenvalue weighted by Crippen LogP contribution is -2.31. The van der Waals surface area contributed by atoms with Crippen LogP contribution in [0.5, 0.6) is 0 Å². The molecule has 0 unspecified atom stereocenters. The van der Waals surface area contributed by atoms with Gasteiger partial charge in [0.2, 0.25) is 11.1 Å². The standard InChI is InChI=1S/C16H15ClN4OS/c1-23-16-19-15-18-11-6-3-7-12(22)13(11)14(21(15)20-16)9-4-2-5-10(17)8-9/h2,4-5,8,14H,3,6-7H2,1H3,(H,18,19,20)/t14-/m1/s1. The Morgan fingerprint density at radius 3 is 3.04 bits per heavy atom. The molecule has 0 saturated carbocycles. The zero-order valence-electron chi connectivity index (χ0n) is 12.5. The van der Waals surface area contributed by atoms with Crippen molar-refractivity contribution in [3.63, 3.8) is 0 Å². The molecule has 0 fully saturated rings. The molecule has 1 aliphatic carbocycles. The lowest BCUT2D eigenvalue weighted by atomic mass is 9.85. The monoisotopic (exact) mass is 346 g/mol. The van der Waals surface area contributed by atoms with Crippen LogP contribution >= 0.6 is 23.4 Å². The summed E-state index contributed by atoms with van der Waals surface area (Å²) in [6, 6.07) is 7.35. The van der Waals surface area contributed by atoms with Crippen molar-refractivity contribution in [1.29, 1.82) is 0 Å². The molecule has 0 saturated heterocycles. The molecule has 23 heavy (non-hydrogen) atoms. The first-order chi connectivity index (χ1) is 11.2. The molecule has 1 aromatic carbocycles. The predicted molar refractivity (Wildman–Crippen MR) is 90.9 cm³/mol. The van der Waals surface area contributed by atoms with E-state index in [1.165, 1.54) is 11.8 Å². The Balaban J connectivity index is 1.92. The van der Waals surface area contributed by atoms with E-state index in [1.54, 1.807) is 4.68 Å². The number of Topliss-reactive ketones (excluding diaryl/α,β-unsaturated/α-hetero) is 1. The summed E-state index contributed by atoms with van der Waals surface area (Å²) in [5.74, 6) is 0.864. The van der Waals surface area contributed by atoms with Crippen molar-refractivity contribution in [3.05, 3.63) is 46.1 Å². The maximum absolute atomic E-state index is 12.6. The lowest BCUT2D eigenvalue weighted by molar-refractivity contribution is -0.116. The van der Waals surface area contributed by atoms with E-state index in [-0.39, 0.29) is 11.8 Å². The number of nitrogens with zero attached hydrogens (tertiary/aromatic N) is 3. The minimum Gasteiger partial charge on any atom is -0.328 e. The van der Waals surface area contributed by atoms with E-state index in [2.05, 4.69) is 15.4 Å². The number of carbonyl (C=O) groups is 1. The van der Waals surface area contributed by atoms with Crippen LogP contribution in [0.15, 0.2) is 40.7 Å². The van der Waals surface area contributed by atoms with Crippen molar-refractivity contribution >= 4 is 35.1 Å². The average Bonchev–Trinajstić information content (AvgIpc) is 2.96. The van der Waals surface area contributed by atoms with Crippen LogP contribution in [0.3, 0.4) is 0 Å². The van der Waals surface area contributed by atoms with Gasteiger partial charge in [-0.2, -0.15) is 4.98 Å².